The van der Waals surface area contributed by atoms with Crippen LogP contribution < -0.4 is 0 Å². The molecule has 0 saturated carbocycles. The summed E-state index contributed by atoms with van der Waals surface area (Å²) in [6.45, 7) is 0.975. The smallest absolute Gasteiger partial charge is 0.350 e. The third-order valence-corrected chi connectivity index (χ3v) is 2.08. The van der Waals surface area contributed by atoms with Gasteiger partial charge in [-0.2, -0.15) is 13.2 Å². The van der Waals surface area contributed by atoms with Crippen LogP contribution in [0.2, 0.25) is 0 Å². The molecular formula is C6H9F3O2S. The SMILES string of the molecule is FC(F)(F)SCCC1OCCO1. The average molecular weight is 202 g/mol. The Bertz CT molecular complexity index is 133. The fraction of sp³-hybridized carbons (Fsp3) is 1.00. The van der Waals surface area contributed by atoms with Crippen molar-refractivity contribution in [1.29, 1.82) is 0 Å². The van der Waals surface area contributed by atoms with Gasteiger partial charge in [0.2, 0.25) is 0 Å². The first-order chi connectivity index (χ1) is 5.58. The minimum Gasteiger partial charge on any atom is -0.350 e. The Morgan fingerprint density at radius 1 is 1.25 bits per heavy atom. The molecule has 2 nitrogen and oxygen atoms in total. The lowest BCUT2D eigenvalue weighted by Crippen LogP contribution is -2.10. The van der Waals surface area contributed by atoms with Crippen LogP contribution >= 0.6 is 11.8 Å². The highest BCUT2D eigenvalue weighted by atomic mass is 32.2. The van der Waals surface area contributed by atoms with Crippen LogP contribution in [0.4, 0.5) is 13.2 Å². The van der Waals surface area contributed by atoms with E-state index in [9.17, 15) is 13.2 Å². The highest BCUT2D eigenvalue weighted by molar-refractivity contribution is 8.00. The van der Waals surface area contributed by atoms with E-state index in [0.717, 1.165) is 0 Å². The van der Waals surface area contributed by atoms with Gasteiger partial charge in [-0.15, -0.1) is 0 Å². The molecular weight excluding hydrogens is 193 g/mol. The van der Waals surface area contributed by atoms with Gasteiger partial charge in [0.05, 0.1) is 13.2 Å². The second-order valence-electron chi connectivity index (χ2n) is 2.25. The molecule has 6 heteroatoms. The summed E-state index contributed by atoms with van der Waals surface area (Å²) in [5.74, 6) is -0.00579. The first-order valence-corrected chi connectivity index (χ1v) is 4.50. The van der Waals surface area contributed by atoms with Gasteiger partial charge in [-0.1, -0.05) is 11.8 Å². The number of hydrogen-bond donors (Lipinski definition) is 0. The second kappa shape index (κ2) is 4.34. The molecule has 1 aliphatic heterocycles. The molecule has 0 unspecified atom stereocenters. The van der Waals surface area contributed by atoms with Gasteiger partial charge in [-0.25, -0.2) is 0 Å². The second-order valence-corrected chi connectivity index (χ2v) is 3.41. The van der Waals surface area contributed by atoms with Crippen LogP contribution in [0, 0.1) is 0 Å². The lowest BCUT2D eigenvalue weighted by atomic mass is 10.5. The zero-order chi connectivity index (χ0) is 9.03. The van der Waals surface area contributed by atoms with Crippen LogP contribution in [-0.4, -0.2) is 30.8 Å². The first kappa shape index (κ1) is 10.1. The molecule has 1 aliphatic rings. The molecule has 0 aromatic rings. The van der Waals surface area contributed by atoms with Crippen LogP contribution in [0.25, 0.3) is 0 Å². The number of rotatable bonds is 3. The van der Waals surface area contributed by atoms with Crippen molar-refractivity contribution in [3.8, 4) is 0 Å². The zero-order valence-electron chi connectivity index (χ0n) is 6.26. The summed E-state index contributed by atoms with van der Waals surface area (Å²) in [7, 11) is 0. The van der Waals surface area contributed by atoms with Gasteiger partial charge >= 0.3 is 5.51 Å². The number of thioether (sulfide) groups is 1. The van der Waals surface area contributed by atoms with Crippen molar-refractivity contribution >= 4 is 11.8 Å². The molecule has 0 aliphatic carbocycles. The minimum atomic E-state index is -4.14. The predicted octanol–water partition coefficient (Wildman–Crippen LogP) is 2.00. The summed E-state index contributed by atoms with van der Waals surface area (Å²) in [6, 6.07) is 0. The van der Waals surface area contributed by atoms with Crippen molar-refractivity contribution in [3.05, 3.63) is 0 Å². The van der Waals surface area contributed by atoms with Crippen molar-refractivity contribution in [3.63, 3.8) is 0 Å². The minimum absolute atomic E-state index is 0.00579. The molecule has 1 rings (SSSR count). The summed E-state index contributed by atoms with van der Waals surface area (Å²) in [5, 5.41) is 0. The highest BCUT2D eigenvalue weighted by Gasteiger charge is 2.28. The molecule has 0 radical (unpaired) electrons. The predicted molar refractivity (Wildman–Crippen MR) is 38.8 cm³/mol. The van der Waals surface area contributed by atoms with Crippen molar-refractivity contribution in [2.45, 2.75) is 18.2 Å². The van der Waals surface area contributed by atoms with Gasteiger partial charge in [-0.3, -0.25) is 0 Å². The molecule has 1 fully saturated rings. The molecule has 72 valence electrons. The van der Waals surface area contributed by atoms with Crippen LogP contribution in [0.1, 0.15) is 6.42 Å². The van der Waals surface area contributed by atoms with Crippen LogP contribution in [-0.2, 0) is 9.47 Å². The van der Waals surface area contributed by atoms with Crippen molar-refractivity contribution < 1.29 is 22.6 Å². The van der Waals surface area contributed by atoms with Crippen LogP contribution in [0.5, 0.6) is 0 Å². The number of halogens is 3. The van der Waals surface area contributed by atoms with Gasteiger partial charge in [0.1, 0.15) is 0 Å². The van der Waals surface area contributed by atoms with Crippen LogP contribution in [0.3, 0.4) is 0 Å². The maximum absolute atomic E-state index is 11.6. The van der Waals surface area contributed by atoms with Crippen LogP contribution in [0.15, 0.2) is 0 Å². The third kappa shape index (κ3) is 4.18. The molecule has 1 saturated heterocycles. The largest absolute Gasteiger partial charge is 0.441 e. The molecule has 1 heterocycles. The van der Waals surface area contributed by atoms with Gasteiger partial charge in [-0.05, 0) is 0 Å². The summed E-state index contributed by atoms with van der Waals surface area (Å²) < 4.78 is 44.8. The van der Waals surface area contributed by atoms with Gasteiger partial charge in [0.25, 0.3) is 0 Å². The first-order valence-electron chi connectivity index (χ1n) is 3.52. The molecule has 0 spiro atoms. The summed E-state index contributed by atoms with van der Waals surface area (Å²) in [4.78, 5) is 0. The monoisotopic (exact) mass is 202 g/mol. The zero-order valence-corrected chi connectivity index (χ0v) is 7.08. The standard InChI is InChI=1S/C6H9F3O2S/c7-6(8,9)12-4-1-5-10-2-3-11-5/h5H,1-4H2. The number of ether oxygens (including phenoxy) is 2. The average Bonchev–Trinajstić information content (AvgIpc) is 2.36. The topological polar surface area (TPSA) is 18.5 Å². The Hall–Kier alpha value is 0.0600. The molecule has 0 N–H and O–H groups in total. The highest BCUT2D eigenvalue weighted by Crippen LogP contribution is 2.31. The van der Waals surface area contributed by atoms with E-state index in [1.54, 1.807) is 0 Å². The van der Waals surface area contributed by atoms with E-state index in [4.69, 9.17) is 9.47 Å². The van der Waals surface area contributed by atoms with Gasteiger partial charge in [0, 0.05) is 12.2 Å². The Morgan fingerprint density at radius 3 is 2.33 bits per heavy atom. The van der Waals surface area contributed by atoms with E-state index < -0.39 is 11.8 Å². The fourth-order valence-corrected chi connectivity index (χ4v) is 1.39. The van der Waals surface area contributed by atoms with E-state index in [-0.39, 0.29) is 17.5 Å². The molecule has 0 aromatic carbocycles. The lowest BCUT2D eigenvalue weighted by molar-refractivity contribution is -0.0447. The van der Waals surface area contributed by atoms with E-state index in [0.29, 0.717) is 19.6 Å². The maximum atomic E-state index is 11.6. The summed E-state index contributed by atoms with van der Waals surface area (Å²) in [6.07, 6.45) is -0.135. The van der Waals surface area contributed by atoms with E-state index in [1.165, 1.54) is 0 Å². The number of hydrogen-bond acceptors (Lipinski definition) is 3. The Morgan fingerprint density at radius 2 is 1.83 bits per heavy atom. The molecule has 0 atom stereocenters. The number of alkyl halides is 3. The molecule has 0 amide bonds. The fourth-order valence-electron chi connectivity index (χ4n) is 0.845. The molecule has 12 heavy (non-hydrogen) atoms. The Balaban J connectivity index is 2.02. The van der Waals surface area contributed by atoms with Crippen molar-refractivity contribution in [2.24, 2.45) is 0 Å². The molecule has 0 bridgehead atoms. The van der Waals surface area contributed by atoms with Gasteiger partial charge in [0.15, 0.2) is 6.29 Å². The Labute approximate surface area is 72.4 Å². The normalized spacial score (nSPS) is 20.2. The van der Waals surface area contributed by atoms with Crippen molar-refractivity contribution in [2.75, 3.05) is 19.0 Å². The van der Waals surface area contributed by atoms with E-state index in [2.05, 4.69) is 0 Å². The van der Waals surface area contributed by atoms with Gasteiger partial charge < -0.3 is 9.47 Å². The van der Waals surface area contributed by atoms with Crippen molar-refractivity contribution in [1.82, 2.24) is 0 Å². The molecule has 0 aromatic heterocycles. The third-order valence-electron chi connectivity index (χ3n) is 1.31. The van der Waals surface area contributed by atoms with E-state index >= 15 is 0 Å². The maximum Gasteiger partial charge on any atom is 0.441 e. The van der Waals surface area contributed by atoms with E-state index in [1.807, 2.05) is 0 Å². The summed E-state index contributed by atoms with van der Waals surface area (Å²) in [5.41, 5.74) is -4.14. The Kier molecular flexibility index (Phi) is 3.67. The lowest BCUT2D eigenvalue weighted by Gasteiger charge is -2.09. The quantitative estimate of drug-likeness (QED) is 0.697. The summed E-state index contributed by atoms with van der Waals surface area (Å²) >= 11 is -0.0396.